The zero-order valence-corrected chi connectivity index (χ0v) is 15.8. The van der Waals surface area contributed by atoms with Crippen LogP contribution >= 0.6 is 11.3 Å². The van der Waals surface area contributed by atoms with Gasteiger partial charge in [-0.1, -0.05) is 29.8 Å². The summed E-state index contributed by atoms with van der Waals surface area (Å²) >= 11 is 1.48. The number of imidazole rings is 1. The lowest BCUT2D eigenvalue weighted by Crippen LogP contribution is -2.08. The molecule has 0 saturated carbocycles. The highest BCUT2D eigenvalue weighted by molar-refractivity contribution is 7.11. The number of aromatic nitrogens is 2. The number of halogens is 3. The van der Waals surface area contributed by atoms with Crippen molar-refractivity contribution in [3.63, 3.8) is 0 Å². The minimum Gasteiger partial charge on any atom is -0.484 e. The fourth-order valence-corrected chi connectivity index (χ4v) is 3.64. The van der Waals surface area contributed by atoms with Crippen LogP contribution in [0.5, 0.6) is 5.06 Å². The molecule has 7 heteroatoms. The van der Waals surface area contributed by atoms with E-state index in [9.17, 15) is 13.2 Å². The number of hydrogen-bond donors (Lipinski definition) is 0. The Hall–Kier alpha value is -2.80. The minimum absolute atomic E-state index is 0.351. The standard InChI is InChI=1S/C21H17F3N2OS/c1-14-4-6-15(7-5-14)20-17(10-11-27-19-3-2-12-28-19)26-13-16(21(22,23)24)8-9-18(26)25-20/h2-9,12-13H,10-11H2,1H3. The van der Waals surface area contributed by atoms with Gasteiger partial charge in [0.25, 0.3) is 0 Å². The molecule has 0 atom stereocenters. The van der Waals surface area contributed by atoms with E-state index < -0.39 is 11.7 Å². The Labute approximate surface area is 164 Å². The first kappa shape index (κ1) is 18.6. The number of aryl methyl sites for hydroxylation is 1. The summed E-state index contributed by atoms with van der Waals surface area (Å²) < 4.78 is 46.9. The summed E-state index contributed by atoms with van der Waals surface area (Å²) in [4.78, 5) is 4.59. The number of thiophene rings is 1. The normalized spacial score (nSPS) is 11.9. The molecule has 28 heavy (non-hydrogen) atoms. The molecule has 0 radical (unpaired) electrons. The van der Waals surface area contributed by atoms with E-state index >= 15 is 0 Å². The van der Waals surface area contributed by atoms with Crippen LogP contribution in [0.2, 0.25) is 0 Å². The molecule has 144 valence electrons. The van der Waals surface area contributed by atoms with Crippen LogP contribution in [0, 0.1) is 6.92 Å². The highest BCUT2D eigenvalue weighted by Gasteiger charge is 2.31. The lowest BCUT2D eigenvalue weighted by Gasteiger charge is -2.10. The average Bonchev–Trinajstić information content (AvgIpc) is 3.29. The molecule has 3 aromatic heterocycles. The van der Waals surface area contributed by atoms with E-state index in [1.807, 2.05) is 48.7 Å². The second kappa shape index (κ2) is 7.31. The molecule has 0 aliphatic rings. The first-order valence-corrected chi connectivity index (χ1v) is 9.61. The van der Waals surface area contributed by atoms with Crippen molar-refractivity contribution in [3.8, 4) is 16.3 Å². The monoisotopic (exact) mass is 402 g/mol. The topological polar surface area (TPSA) is 26.5 Å². The number of ether oxygens (including phenoxy) is 1. The predicted octanol–water partition coefficient (Wildman–Crippen LogP) is 6.01. The first-order chi connectivity index (χ1) is 13.4. The number of rotatable bonds is 5. The molecule has 1 aromatic carbocycles. The van der Waals surface area contributed by atoms with Gasteiger partial charge in [0, 0.05) is 18.2 Å². The number of hydrogen-bond acceptors (Lipinski definition) is 3. The van der Waals surface area contributed by atoms with Crippen LogP contribution < -0.4 is 4.74 Å². The van der Waals surface area contributed by atoms with Crippen molar-refractivity contribution in [1.29, 1.82) is 0 Å². The first-order valence-electron chi connectivity index (χ1n) is 8.73. The third-order valence-corrected chi connectivity index (χ3v) is 5.23. The number of pyridine rings is 1. The molecular formula is C21H17F3N2OS. The average molecular weight is 402 g/mol. The molecule has 0 amide bonds. The summed E-state index contributed by atoms with van der Waals surface area (Å²) in [7, 11) is 0. The maximum absolute atomic E-state index is 13.2. The van der Waals surface area contributed by atoms with E-state index in [1.165, 1.54) is 21.8 Å². The van der Waals surface area contributed by atoms with Crippen molar-refractivity contribution in [2.24, 2.45) is 0 Å². The summed E-state index contributed by atoms with van der Waals surface area (Å²) in [6.07, 6.45) is -2.86. The van der Waals surface area contributed by atoms with Crippen molar-refractivity contribution in [3.05, 3.63) is 76.9 Å². The van der Waals surface area contributed by atoms with Gasteiger partial charge in [0.2, 0.25) is 0 Å². The highest BCUT2D eigenvalue weighted by atomic mass is 32.1. The van der Waals surface area contributed by atoms with Crippen LogP contribution in [-0.4, -0.2) is 16.0 Å². The van der Waals surface area contributed by atoms with E-state index in [1.54, 1.807) is 0 Å². The zero-order valence-electron chi connectivity index (χ0n) is 15.0. The van der Waals surface area contributed by atoms with Crippen molar-refractivity contribution in [2.75, 3.05) is 6.61 Å². The van der Waals surface area contributed by atoms with Crippen LogP contribution in [0.15, 0.2) is 60.1 Å². The molecule has 4 aromatic rings. The Morgan fingerprint density at radius 1 is 1.07 bits per heavy atom. The molecule has 3 nitrogen and oxygen atoms in total. The highest BCUT2D eigenvalue weighted by Crippen LogP contribution is 2.32. The van der Waals surface area contributed by atoms with Gasteiger partial charge in [0.05, 0.1) is 23.6 Å². The van der Waals surface area contributed by atoms with Gasteiger partial charge in [0.15, 0.2) is 5.06 Å². The maximum Gasteiger partial charge on any atom is 0.417 e. The molecule has 4 rings (SSSR count). The number of alkyl halides is 3. The Morgan fingerprint density at radius 3 is 2.54 bits per heavy atom. The van der Waals surface area contributed by atoms with Gasteiger partial charge in [-0.15, -0.1) is 11.3 Å². The fourth-order valence-electron chi connectivity index (χ4n) is 3.04. The van der Waals surface area contributed by atoms with E-state index in [4.69, 9.17) is 4.74 Å². The van der Waals surface area contributed by atoms with Gasteiger partial charge in [-0.3, -0.25) is 0 Å². The Morgan fingerprint density at radius 2 is 1.86 bits per heavy atom. The minimum atomic E-state index is -4.41. The smallest absolute Gasteiger partial charge is 0.417 e. The Bertz CT molecular complexity index is 1080. The summed E-state index contributed by atoms with van der Waals surface area (Å²) in [6.45, 7) is 2.34. The van der Waals surface area contributed by atoms with Crippen LogP contribution in [-0.2, 0) is 12.6 Å². The molecule has 0 fully saturated rings. The molecule has 0 aliphatic carbocycles. The molecule has 3 heterocycles. The number of nitrogens with zero attached hydrogens (tertiary/aromatic N) is 2. The Balaban J connectivity index is 1.76. The van der Waals surface area contributed by atoms with Crippen LogP contribution in [0.3, 0.4) is 0 Å². The third-order valence-electron chi connectivity index (χ3n) is 4.45. The van der Waals surface area contributed by atoms with Gasteiger partial charge in [-0.25, -0.2) is 4.98 Å². The van der Waals surface area contributed by atoms with Gasteiger partial charge in [-0.2, -0.15) is 13.2 Å². The molecule has 0 spiro atoms. The van der Waals surface area contributed by atoms with E-state index in [0.717, 1.165) is 28.5 Å². The van der Waals surface area contributed by atoms with Crippen LogP contribution in [0.4, 0.5) is 13.2 Å². The summed E-state index contributed by atoms with van der Waals surface area (Å²) in [6, 6.07) is 14.0. The largest absolute Gasteiger partial charge is 0.484 e. The van der Waals surface area contributed by atoms with E-state index in [0.29, 0.717) is 30.1 Å². The van der Waals surface area contributed by atoms with Gasteiger partial charge < -0.3 is 9.14 Å². The second-order valence-corrected chi connectivity index (χ2v) is 7.36. The van der Waals surface area contributed by atoms with E-state index in [2.05, 4.69) is 4.98 Å². The van der Waals surface area contributed by atoms with E-state index in [-0.39, 0.29) is 0 Å². The summed E-state index contributed by atoms with van der Waals surface area (Å²) in [5, 5.41) is 2.69. The van der Waals surface area contributed by atoms with Gasteiger partial charge in [0.1, 0.15) is 5.65 Å². The van der Waals surface area contributed by atoms with Gasteiger partial charge in [-0.05, 0) is 36.6 Å². The Kier molecular flexibility index (Phi) is 4.85. The molecule has 0 saturated heterocycles. The zero-order chi connectivity index (χ0) is 19.7. The lowest BCUT2D eigenvalue weighted by atomic mass is 10.1. The number of fused-ring (bicyclic) bond motifs is 1. The van der Waals surface area contributed by atoms with Gasteiger partial charge >= 0.3 is 6.18 Å². The second-order valence-electron chi connectivity index (χ2n) is 6.45. The quantitative estimate of drug-likeness (QED) is 0.409. The fraction of sp³-hybridized carbons (Fsp3) is 0.190. The number of benzene rings is 1. The molecule has 0 N–H and O–H groups in total. The molecule has 0 bridgehead atoms. The molecule has 0 unspecified atom stereocenters. The summed E-state index contributed by atoms with van der Waals surface area (Å²) in [5.74, 6) is 0. The van der Waals surface area contributed by atoms with Crippen LogP contribution in [0.1, 0.15) is 16.8 Å². The lowest BCUT2D eigenvalue weighted by molar-refractivity contribution is -0.137. The molecule has 0 aliphatic heterocycles. The third kappa shape index (κ3) is 3.75. The van der Waals surface area contributed by atoms with Crippen molar-refractivity contribution < 1.29 is 17.9 Å². The van der Waals surface area contributed by atoms with Crippen molar-refractivity contribution in [1.82, 2.24) is 9.38 Å². The summed E-state index contributed by atoms with van der Waals surface area (Å²) in [5.41, 5.74) is 3.13. The molecular weight excluding hydrogens is 385 g/mol. The predicted molar refractivity (Wildman–Crippen MR) is 104 cm³/mol. The van der Waals surface area contributed by atoms with Crippen LogP contribution in [0.25, 0.3) is 16.9 Å². The maximum atomic E-state index is 13.2. The SMILES string of the molecule is Cc1ccc(-c2nc3ccc(C(F)(F)F)cn3c2CCOc2cccs2)cc1. The van der Waals surface area contributed by atoms with Crippen molar-refractivity contribution >= 4 is 17.0 Å². The van der Waals surface area contributed by atoms with Crippen molar-refractivity contribution in [2.45, 2.75) is 19.5 Å².